The lowest BCUT2D eigenvalue weighted by molar-refractivity contribution is 0.0827. The van der Waals surface area contributed by atoms with Gasteiger partial charge in [-0.2, -0.15) is 4.98 Å². The monoisotopic (exact) mass is 561 g/mol. The van der Waals surface area contributed by atoms with Crippen LogP contribution in [-0.2, 0) is 16.4 Å². The number of nitrogens with one attached hydrogen (secondary N) is 1. The highest BCUT2D eigenvalue weighted by molar-refractivity contribution is 7.91. The number of amides is 1. The van der Waals surface area contributed by atoms with Gasteiger partial charge in [-0.3, -0.25) is 9.59 Å². The highest BCUT2D eigenvalue weighted by Crippen LogP contribution is 2.27. The molecule has 1 saturated heterocycles. The van der Waals surface area contributed by atoms with Gasteiger partial charge in [-0.25, -0.2) is 22.8 Å². The van der Waals surface area contributed by atoms with Gasteiger partial charge in [-0.1, -0.05) is 12.1 Å². The maximum absolute atomic E-state index is 13.3. The van der Waals surface area contributed by atoms with Crippen LogP contribution < -0.4 is 15.8 Å². The minimum atomic E-state index is -2.96. The molecule has 4 aromatic rings. The minimum absolute atomic E-state index is 0.152. The van der Waals surface area contributed by atoms with E-state index in [1.807, 2.05) is 31.2 Å². The van der Waals surface area contributed by atoms with Gasteiger partial charge in [0, 0.05) is 50.3 Å². The maximum Gasteiger partial charge on any atom is 0.278 e. The standard InChI is InChI=1S/C28H31N7O4S/c1-5-11-34-27(37)23-18-29-28(31-25(23)35(34)22-8-6-7-20(17-22)26(36)32(3)4)30-21-9-10-24(19(2)16-21)33-12-14-40(38,39)15-13-33/h5-10,16-18H,1,11-15H2,2-4H3,(H,29,30,31). The molecule has 5 rings (SSSR count). The van der Waals surface area contributed by atoms with Crippen molar-refractivity contribution in [2.24, 2.45) is 0 Å². The Bertz CT molecular complexity index is 1780. The van der Waals surface area contributed by atoms with Crippen LogP contribution in [0.3, 0.4) is 0 Å². The molecule has 0 saturated carbocycles. The van der Waals surface area contributed by atoms with Crippen LogP contribution in [-0.4, -0.2) is 77.2 Å². The third-order valence-electron chi connectivity index (χ3n) is 6.86. The van der Waals surface area contributed by atoms with E-state index in [1.165, 1.54) is 15.8 Å². The zero-order chi connectivity index (χ0) is 28.6. The number of rotatable bonds is 7. The van der Waals surface area contributed by atoms with Crippen LogP contribution in [0.2, 0.25) is 0 Å². The summed E-state index contributed by atoms with van der Waals surface area (Å²) < 4.78 is 26.8. The summed E-state index contributed by atoms with van der Waals surface area (Å²) in [5, 5.41) is 3.56. The number of allylic oxidation sites excluding steroid dienone is 1. The molecule has 1 amide bonds. The number of carbonyl (C=O) groups is 1. The SMILES string of the molecule is C=CCn1c(=O)c2cnc(Nc3ccc(N4CCS(=O)(=O)CC4)c(C)c3)nc2n1-c1cccc(C(=O)N(C)C)c1. The predicted octanol–water partition coefficient (Wildman–Crippen LogP) is 2.76. The molecular formula is C28H31N7O4S. The first-order chi connectivity index (χ1) is 19.1. The first-order valence-electron chi connectivity index (χ1n) is 12.8. The predicted molar refractivity (Wildman–Crippen MR) is 157 cm³/mol. The summed E-state index contributed by atoms with van der Waals surface area (Å²) in [6.07, 6.45) is 3.12. The van der Waals surface area contributed by atoms with Gasteiger partial charge in [-0.05, 0) is 48.9 Å². The molecule has 12 heteroatoms. The number of sulfone groups is 1. The number of hydrogen-bond donors (Lipinski definition) is 1. The second kappa shape index (κ2) is 10.6. The van der Waals surface area contributed by atoms with Crippen molar-refractivity contribution in [1.29, 1.82) is 0 Å². The lowest BCUT2D eigenvalue weighted by Gasteiger charge is -2.30. The summed E-state index contributed by atoms with van der Waals surface area (Å²) in [5.74, 6) is 0.450. The number of benzene rings is 2. The van der Waals surface area contributed by atoms with Crippen molar-refractivity contribution >= 4 is 44.1 Å². The average molecular weight is 562 g/mol. The van der Waals surface area contributed by atoms with Crippen molar-refractivity contribution in [3.05, 3.63) is 82.8 Å². The number of aryl methyl sites for hydroxylation is 1. The van der Waals surface area contributed by atoms with E-state index in [0.717, 1.165) is 16.9 Å². The van der Waals surface area contributed by atoms with Gasteiger partial charge in [0.25, 0.3) is 11.5 Å². The van der Waals surface area contributed by atoms with Crippen LogP contribution in [0.25, 0.3) is 16.7 Å². The largest absolute Gasteiger partial charge is 0.369 e. The van der Waals surface area contributed by atoms with E-state index in [-0.39, 0.29) is 29.5 Å². The molecule has 3 heterocycles. The van der Waals surface area contributed by atoms with Crippen LogP contribution >= 0.6 is 0 Å². The van der Waals surface area contributed by atoms with E-state index < -0.39 is 9.84 Å². The Labute approximate surface area is 232 Å². The molecule has 2 aromatic carbocycles. The number of anilines is 3. The van der Waals surface area contributed by atoms with Crippen molar-refractivity contribution < 1.29 is 13.2 Å². The fraction of sp³-hybridized carbons (Fsp3) is 0.286. The van der Waals surface area contributed by atoms with Crippen molar-refractivity contribution in [2.45, 2.75) is 13.5 Å². The average Bonchev–Trinajstić information content (AvgIpc) is 3.19. The van der Waals surface area contributed by atoms with Gasteiger partial charge in [-0.15, -0.1) is 6.58 Å². The van der Waals surface area contributed by atoms with Gasteiger partial charge in [0.15, 0.2) is 15.5 Å². The van der Waals surface area contributed by atoms with Crippen molar-refractivity contribution in [1.82, 2.24) is 24.2 Å². The number of carbonyl (C=O) groups excluding carboxylic acids is 1. The Hall–Kier alpha value is -4.45. The van der Waals surface area contributed by atoms with E-state index in [2.05, 4.69) is 21.8 Å². The molecule has 0 aliphatic carbocycles. The third-order valence-corrected chi connectivity index (χ3v) is 8.47. The Morgan fingerprint density at radius 3 is 2.58 bits per heavy atom. The van der Waals surface area contributed by atoms with Crippen LogP contribution in [0, 0.1) is 6.92 Å². The third kappa shape index (κ3) is 5.22. The van der Waals surface area contributed by atoms with Crippen molar-refractivity contribution in [3.8, 4) is 5.69 Å². The Morgan fingerprint density at radius 1 is 1.15 bits per heavy atom. The lowest BCUT2D eigenvalue weighted by Crippen LogP contribution is -2.40. The molecule has 0 radical (unpaired) electrons. The summed E-state index contributed by atoms with van der Waals surface area (Å²) in [6.45, 7) is 6.94. The van der Waals surface area contributed by atoms with Gasteiger partial charge in [0.1, 0.15) is 5.39 Å². The smallest absolute Gasteiger partial charge is 0.278 e. The van der Waals surface area contributed by atoms with E-state index in [4.69, 9.17) is 4.98 Å². The molecule has 1 aliphatic heterocycles. The zero-order valence-electron chi connectivity index (χ0n) is 22.7. The summed E-state index contributed by atoms with van der Waals surface area (Å²) >= 11 is 0. The maximum atomic E-state index is 13.3. The van der Waals surface area contributed by atoms with E-state index in [0.29, 0.717) is 41.3 Å². The highest BCUT2D eigenvalue weighted by Gasteiger charge is 2.23. The fourth-order valence-electron chi connectivity index (χ4n) is 4.84. The van der Waals surface area contributed by atoms with Crippen molar-refractivity contribution in [2.75, 3.05) is 48.9 Å². The Kier molecular flexibility index (Phi) is 7.19. The van der Waals surface area contributed by atoms with Crippen LogP contribution in [0.15, 0.2) is 66.1 Å². The quantitative estimate of drug-likeness (QED) is 0.342. The zero-order valence-corrected chi connectivity index (χ0v) is 23.5. The molecule has 11 nitrogen and oxygen atoms in total. The molecule has 1 fully saturated rings. The summed E-state index contributed by atoms with van der Waals surface area (Å²) in [4.78, 5) is 38.5. The minimum Gasteiger partial charge on any atom is -0.369 e. The van der Waals surface area contributed by atoms with Gasteiger partial charge < -0.3 is 15.1 Å². The molecule has 0 atom stereocenters. The number of nitrogens with zero attached hydrogens (tertiary/aromatic N) is 6. The summed E-state index contributed by atoms with van der Waals surface area (Å²) in [6, 6.07) is 12.8. The molecule has 2 aromatic heterocycles. The number of aromatic nitrogens is 4. The molecule has 0 spiro atoms. The molecule has 1 aliphatic rings. The van der Waals surface area contributed by atoms with E-state index >= 15 is 0 Å². The summed E-state index contributed by atoms with van der Waals surface area (Å²) in [7, 11) is 0.406. The molecule has 0 bridgehead atoms. The van der Waals surface area contributed by atoms with E-state index in [1.54, 1.807) is 43.1 Å². The normalized spacial score (nSPS) is 14.7. The van der Waals surface area contributed by atoms with Crippen LogP contribution in [0.5, 0.6) is 0 Å². The first-order valence-corrected chi connectivity index (χ1v) is 14.6. The lowest BCUT2D eigenvalue weighted by atomic mass is 10.1. The molecule has 1 N–H and O–H groups in total. The first kappa shape index (κ1) is 27.1. The van der Waals surface area contributed by atoms with Gasteiger partial charge in [0.2, 0.25) is 5.95 Å². The summed E-state index contributed by atoms with van der Waals surface area (Å²) in [5.41, 5.74) is 3.94. The molecule has 0 unspecified atom stereocenters. The Balaban J connectivity index is 1.51. The second-order valence-electron chi connectivity index (χ2n) is 9.93. The van der Waals surface area contributed by atoms with Gasteiger partial charge >= 0.3 is 0 Å². The van der Waals surface area contributed by atoms with Crippen molar-refractivity contribution in [3.63, 3.8) is 0 Å². The number of fused-ring (bicyclic) bond motifs is 1. The molecule has 40 heavy (non-hydrogen) atoms. The van der Waals surface area contributed by atoms with Crippen LogP contribution in [0.1, 0.15) is 15.9 Å². The van der Waals surface area contributed by atoms with E-state index in [9.17, 15) is 18.0 Å². The number of hydrogen-bond acceptors (Lipinski definition) is 8. The molecular weight excluding hydrogens is 530 g/mol. The Morgan fingerprint density at radius 2 is 1.90 bits per heavy atom. The highest BCUT2D eigenvalue weighted by atomic mass is 32.2. The van der Waals surface area contributed by atoms with Crippen LogP contribution in [0.4, 0.5) is 17.3 Å². The van der Waals surface area contributed by atoms with Gasteiger partial charge in [0.05, 0.1) is 23.7 Å². The fourth-order valence-corrected chi connectivity index (χ4v) is 6.04. The topological polar surface area (TPSA) is 122 Å². The molecule has 208 valence electrons. The second-order valence-corrected chi connectivity index (χ2v) is 12.2.